The fourth-order valence-corrected chi connectivity index (χ4v) is 2.62. The fourth-order valence-electron chi connectivity index (χ4n) is 2.62. The van der Waals surface area contributed by atoms with Gasteiger partial charge in [0.1, 0.15) is 18.4 Å². The Labute approximate surface area is 142 Å². The van der Waals surface area contributed by atoms with Crippen LogP contribution in [0.25, 0.3) is 0 Å². The Morgan fingerprint density at radius 1 is 1.38 bits per heavy atom. The first-order chi connectivity index (χ1) is 11.5. The quantitative estimate of drug-likeness (QED) is 0.759. The number of rotatable bonds is 8. The van der Waals surface area contributed by atoms with E-state index in [-0.39, 0.29) is 17.9 Å². The molecule has 0 saturated carbocycles. The Morgan fingerprint density at radius 2 is 2.08 bits per heavy atom. The van der Waals surface area contributed by atoms with Crippen molar-refractivity contribution < 1.29 is 19.1 Å². The zero-order chi connectivity index (χ0) is 17.5. The van der Waals surface area contributed by atoms with Crippen molar-refractivity contribution in [1.82, 2.24) is 5.32 Å². The maximum Gasteiger partial charge on any atom is 0.251 e. The Balaban J connectivity index is 1.91. The minimum atomic E-state index is -0.669. The van der Waals surface area contributed by atoms with Gasteiger partial charge in [0.05, 0.1) is 6.10 Å². The van der Waals surface area contributed by atoms with E-state index in [1.807, 2.05) is 13.8 Å². The third kappa shape index (κ3) is 4.96. The molecule has 6 heteroatoms. The molecule has 3 atom stereocenters. The average molecular weight is 334 g/mol. The molecular weight excluding hydrogens is 308 g/mol. The second-order valence-electron chi connectivity index (χ2n) is 6.21. The highest BCUT2D eigenvalue weighted by Crippen LogP contribution is 2.17. The van der Waals surface area contributed by atoms with Gasteiger partial charge < -0.3 is 20.5 Å². The van der Waals surface area contributed by atoms with Gasteiger partial charge in [0, 0.05) is 12.2 Å². The Hall–Kier alpha value is -2.08. The molecule has 1 heterocycles. The van der Waals surface area contributed by atoms with Crippen molar-refractivity contribution in [2.24, 2.45) is 11.7 Å². The minimum Gasteiger partial charge on any atom is -0.491 e. The van der Waals surface area contributed by atoms with E-state index in [0.29, 0.717) is 17.9 Å². The lowest BCUT2D eigenvalue weighted by Crippen LogP contribution is -2.48. The number of hydrogen-bond acceptors (Lipinski definition) is 4. The molecule has 132 valence electrons. The van der Waals surface area contributed by atoms with E-state index in [1.54, 1.807) is 24.3 Å². The van der Waals surface area contributed by atoms with E-state index >= 15 is 0 Å². The number of nitrogens with two attached hydrogens (primary N) is 1. The van der Waals surface area contributed by atoms with Crippen molar-refractivity contribution in [2.75, 3.05) is 13.2 Å². The van der Waals surface area contributed by atoms with Gasteiger partial charge in [-0.3, -0.25) is 9.59 Å². The van der Waals surface area contributed by atoms with Crippen LogP contribution in [-0.2, 0) is 9.53 Å². The van der Waals surface area contributed by atoms with Gasteiger partial charge in [-0.2, -0.15) is 0 Å². The lowest BCUT2D eigenvalue weighted by molar-refractivity contribution is -0.120. The first kappa shape index (κ1) is 18.3. The van der Waals surface area contributed by atoms with E-state index in [0.717, 1.165) is 25.9 Å². The van der Waals surface area contributed by atoms with Gasteiger partial charge in [-0.25, -0.2) is 0 Å². The van der Waals surface area contributed by atoms with Crippen LogP contribution in [0.3, 0.4) is 0 Å². The van der Waals surface area contributed by atoms with Crippen molar-refractivity contribution in [3.8, 4) is 5.75 Å². The lowest BCUT2D eigenvalue weighted by atomic mass is 9.98. The van der Waals surface area contributed by atoms with Crippen molar-refractivity contribution in [1.29, 1.82) is 0 Å². The van der Waals surface area contributed by atoms with Crippen LogP contribution in [0.4, 0.5) is 0 Å². The molecule has 1 fully saturated rings. The smallest absolute Gasteiger partial charge is 0.251 e. The molecule has 1 aromatic carbocycles. The van der Waals surface area contributed by atoms with Crippen LogP contribution in [0.1, 0.15) is 43.5 Å². The van der Waals surface area contributed by atoms with Crippen molar-refractivity contribution in [2.45, 2.75) is 45.3 Å². The summed E-state index contributed by atoms with van der Waals surface area (Å²) in [6.07, 6.45) is 3.00. The summed E-state index contributed by atoms with van der Waals surface area (Å²) in [6, 6.07) is 6.17. The Bertz CT molecular complexity index is 553. The number of primary amides is 1. The van der Waals surface area contributed by atoms with Gasteiger partial charge in [0.2, 0.25) is 5.91 Å². The second-order valence-corrected chi connectivity index (χ2v) is 6.21. The van der Waals surface area contributed by atoms with Crippen LogP contribution in [0.15, 0.2) is 24.3 Å². The van der Waals surface area contributed by atoms with Gasteiger partial charge in [-0.1, -0.05) is 20.3 Å². The van der Waals surface area contributed by atoms with Gasteiger partial charge >= 0.3 is 0 Å². The molecule has 2 amide bonds. The standard InChI is InChI=1S/C18H26N2O4/c1-3-12(2)16(17(19)21)20-18(22)13-6-8-14(9-7-13)24-11-15-5-4-10-23-15/h6-9,12,15-16H,3-5,10-11H2,1-2H3,(H2,19,21)(H,20,22). The summed E-state index contributed by atoms with van der Waals surface area (Å²) in [5, 5.41) is 2.71. The number of amides is 2. The molecule has 1 saturated heterocycles. The number of carbonyl (C=O) groups is 2. The van der Waals surface area contributed by atoms with Crippen LogP contribution in [-0.4, -0.2) is 37.2 Å². The number of ether oxygens (including phenoxy) is 2. The number of hydrogen-bond donors (Lipinski definition) is 2. The highest BCUT2D eigenvalue weighted by molar-refractivity contribution is 5.97. The lowest BCUT2D eigenvalue weighted by Gasteiger charge is -2.21. The van der Waals surface area contributed by atoms with Crippen molar-refractivity contribution in [3.63, 3.8) is 0 Å². The van der Waals surface area contributed by atoms with E-state index in [4.69, 9.17) is 15.2 Å². The summed E-state index contributed by atoms with van der Waals surface area (Å²) in [6.45, 7) is 5.15. The molecule has 1 aliphatic rings. The summed E-state index contributed by atoms with van der Waals surface area (Å²) >= 11 is 0. The highest BCUT2D eigenvalue weighted by Gasteiger charge is 2.24. The molecule has 0 aromatic heterocycles. The van der Waals surface area contributed by atoms with Gasteiger partial charge in [0.25, 0.3) is 5.91 Å². The summed E-state index contributed by atoms with van der Waals surface area (Å²) in [5.41, 5.74) is 5.84. The Morgan fingerprint density at radius 3 is 2.62 bits per heavy atom. The number of nitrogens with one attached hydrogen (secondary N) is 1. The maximum absolute atomic E-state index is 12.3. The number of benzene rings is 1. The van der Waals surface area contributed by atoms with E-state index in [2.05, 4.69) is 5.32 Å². The van der Waals surface area contributed by atoms with Gasteiger partial charge in [-0.15, -0.1) is 0 Å². The third-order valence-corrected chi connectivity index (χ3v) is 4.38. The van der Waals surface area contributed by atoms with Crippen LogP contribution in [0.2, 0.25) is 0 Å². The summed E-state index contributed by atoms with van der Waals surface area (Å²) in [5.74, 6) is -0.158. The largest absolute Gasteiger partial charge is 0.491 e. The predicted molar refractivity (Wildman–Crippen MR) is 90.8 cm³/mol. The number of carbonyl (C=O) groups excluding carboxylic acids is 2. The highest BCUT2D eigenvalue weighted by atomic mass is 16.5. The minimum absolute atomic E-state index is 0.0135. The van der Waals surface area contributed by atoms with Crippen LogP contribution in [0, 0.1) is 5.92 Å². The van der Waals surface area contributed by atoms with Crippen molar-refractivity contribution >= 4 is 11.8 Å². The predicted octanol–water partition coefficient (Wildman–Crippen LogP) is 1.87. The molecule has 1 aliphatic heterocycles. The van der Waals surface area contributed by atoms with Crippen molar-refractivity contribution in [3.05, 3.63) is 29.8 Å². The third-order valence-electron chi connectivity index (χ3n) is 4.38. The summed E-state index contributed by atoms with van der Waals surface area (Å²) < 4.78 is 11.2. The van der Waals surface area contributed by atoms with Crippen LogP contribution >= 0.6 is 0 Å². The molecular formula is C18H26N2O4. The average Bonchev–Trinajstić information content (AvgIpc) is 3.10. The molecule has 1 aromatic rings. The van der Waals surface area contributed by atoms with E-state index < -0.39 is 11.9 Å². The summed E-state index contributed by atoms with van der Waals surface area (Å²) in [4.78, 5) is 23.8. The zero-order valence-electron chi connectivity index (χ0n) is 14.3. The monoisotopic (exact) mass is 334 g/mol. The summed E-state index contributed by atoms with van der Waals surface area (Å²) in [7, 11) is 0. The van der Waals surface area contributed by atoms with Gasteiger partial charge in [-0.05, 0) is 43.0 Å². The molecule has 24 heavy (non-hydrogen) atoms. The fraction of sp³-hybridized carbons (Fsp3) is 0.556. The van der Waals surface area contributed by atoms with Crippen LogP contribution < -0.4 is 15.8 Å². The molecule has 0 aliphatic carbocycles. The second kappa shape index (κ2) is 8.68. The molecule has 0 radical (unpaired) electrons. The Kier molecular flexibility index (Phi) is 6.61. The molecule has 2 rings (SSSR count). The zero-order valence-corrected chi connectivity index (χ0v) is 14.3. The topological polar surface area (TPSA) is 90.7 Å². The maximum atomic E-state index is 12.3. The molecule has 3 N–H and O–H groups in total. The van der Waals surface area contributed by atoms with E-state index in [1.165, 1.54) is 0 Å². The first-order valence-electron chi connectivity index (χ1n) is 8.46. The van der Waals surface area contributed by atoms with Gasteiger partial charge in [0.15, 0.2) is 0 Å². The van der Waals surface area contributed by atoms with Crippen LogP contribution in [0.5, 0.6) is 5.75 Å². The van der Waals surface area contributed by atoms with E-state index in [9.17, 15) is 9.59 Å². The first-order valence-corrected chi connectivity index (χ1v) is 8.46. The molecule has 0 spiro atoms. The molecule has 0 bridgehead atoms. The SMILES string of the molecule is CCC(C)C(NC(=O)c1ccc(OCC2CCCO2)cc1)C(N)=O. The molecule has 6 nitrogen and oxygen atoms in total. The molecule has 3 unspecified atom stereocenters. The normalized spacial score (nSPS) is 19.5.